The minimum absolute atomic E-state index is 0.574. The maximum atomic E-state index is 4.46. The summed E-state index contributed by atoms with van der Waals surface area (Å²) < 4.78 is 0. The fourth-order valence-corrected chi connectivity index (χ4v) is 2.57. The van der Waals surface area contributed by atoms with Gasteiger partial charge in [-0.3, -0.25) is 0 Å². The maximum Gasteiger partial charge on any atom is 0.226 e. The first kappa shape index (κ1) is 12.8. The van der Waals surface area contributed by atoms with Gasteiger partial charge < -0.3 is 15.6 Å². The summed E-state index contributed by atoms with van der Waals surface area (Å²) in [6.07, 6.45) is 3.49. The summed E-state index contributed by atoms with van der Waals surface area (Å²) in [5, 5.41) is 7.42. The van der Waals surface area contributed by atoms with Crippen molar-refractivity contribution in [1.29, 1.82) is 0 Å². The molecule has 20 heavy (non-hydrogen) atoms. The summed E-state index contributed by atoms with van der Waals surface area (Å²) in [5.74, 6) is 1.31. The molecule has 7 nitrogen and oxygen atoms in total. The maximum absolute atomic E-state index is 4.46. The highest BCUT2D eigenvalue weighted by Gasteiger charge is 2.10. The number of nitrogens with zero attached hydrogens (tertiary/aromatic N) is 4. The summed E-state index contributed by atoms with van der Waals surface area (Å²) >= 11 is 1.67. The minimum Gasteiger partial charge on any atom is -0.362 e. The molecule has 8 heteroatoms. The number of anilines is 2. The van der Waals surface area contributed by atoms with Crippen molar-refractivity contribution in [2.24, 2.45) is 0 Å². The number of hydrogen-bond donors (Lipinski definition) is 3. The van der Waals surface area contributed by atoms with Crippen molar-refractivity contribution >= 4 is 34.3 Å². The third-order valence-corrected chi connectivity index (χ3v) is 3.61. The zero-order chi connectivity index (χ0) is 13.9. The fourth-order valence-electron chi connectivity index (χ4n) is 1.84. The second kappa shape index (κ2) is 5.41. The molecule has 3 heterocycles. The highest BCUT2D eigenvalue weighted by atomic mass is 32.1. The molecule has 0 radical (unpaired) electrons. The predicted molar refractivity (Wildman–Crippen MR) is 80.0 cm³/mol. The highest BCUT2D eigenvalue weighted by molar-refractivity contribution is 7.11. The molecule has 0 aliphatic carbocycles. The highest BCUT2D eigenvalue weighted by Crippen LogP contribution is 2.20. The smallest absolute Gasteiger partial charge is 0.226 e. The lowest BCUT2D eigenvalue weighted by atomic mass is 10.4. The van der Waals surface area contributed by atoms with E-state index in [1.165, 1.54) is 4.88 Å². The molecule has 3 N–H and O–H groups in total. The van der Waals surface area contributed by atoms with Gasteiger partial charge in [-0.25, -0.2) is 9.97 Å². The Bertz CT molecular complexity index is 717. The average molecular weight is 289 g/mol. The largest absolute Gasteiger partial charge is 0.362 e. The molecule has 0 aromatic carbocycles. The monoisotopic (exact) mass is 289 g/mol. The number of aryl methyl sites for hydroxylation is 1. The van der Waals surface area contributed by atoms with Crippen molar-refractivity contribution in [2.45, 2.75) is 20.4 Å². The van der Waals surface area contributed by atoms with Crippen molar-refractivity contribution in [3.8, 4) is 0 Å². The van der Waals surface area contributed by atoms with Crippen LogP contribution in [0.4, 0.5) is 11.8 Å². The molecule has 0 bridgehead atoms. The molecule has 3 rings (SSSR count). The lowest BCUT2D eigenvalue weighted by Crippen LogP contribution is -2.07. The first-order chi connectivity index (χ1) is 9.76. The quantitative estimate of drug-likeness (QED) is 0.666. The molecule has 0 fully saturated rings. The van der Waals surface area contributed by atoms with E-state index in [2.05, 4.69) is 35.6 Å². The summed E-state index contributed by atoms with van der Waals surface area (Å²) in [5.41, 5.74) is 1.45. The molecule has 0 spiro atoms. The first-order valence-corrected chi connectivity index (χ1v) is 7.18. The van der Waals surface area contributed by atoms with Crippen LogP contribution in [0.15, 0.2) is 12.5 Å². The molecule has 0 unspecified atom stereocenters. The number of fused-ring (bicyclic) bond motifs is 1. The van der Waals surface area contributed by atoms with Gasteiger partial charge >= 0.3 is 0 Å². The van der Waals surface area contributed by atoms with Crippen LogP contribution >= 0.6 is 11.3 Å². The fraction of sp³-hybridized carbons (Fsp3) is 0.333. The SMILES string of the molecule is CCNc1nc(NCc2ncc(C)s2)c2[nH]cnc2n1. The lowest BCUT2D eigenvalue weighted by Gasteiger charge is -2.07. The topological polar surface area (TPSA) is 91.4 Å². The van der Waals surface area contributed by atoms with Crippen LogP contribution in [0.3, 0.4) is 0 Å². The van der Waals surface area contributed by atoms with Crippen LogP contribution < -0.4 is 10.6 Å². The minimum atomic E-state index is 0.574. The second-order valence-electron chi connectivity index (χ2n) is 4.25. The number of imidazole rings is 1. The van der Waals surface area contributed by atoms with Crippen molar-refractivity contribution < 1.29 is 0 Å². The van der Waals surface area contributed by atoms with Crippen LogP contribution in [0.25, 0.3) is 11.2 Å². The van der Waals surface area contributed by atoms with Crippen LogP contribution in [0.2, 0.25) is 0 Å². The Morgan fingerprint density at radius 2 is 2.15 bits per heavy atom. The van der Waals surface area contributed by atoms with E-state index in [-0.39, 0.29) is 0 Å². The van der Waals surface area contributed by atoms with Gasteiger partial charge in [0.05, 0.1) is 12.9 Å². The molecule has 0 atom stereocenters. The number of hydrogen-bond acceptors (Lipinski definition) is 7. The van der Waals surface area contributed by atoms with Crippen LogP contribution in [0.1, 0.15) is 16.8 Å². The van der Waals surface area contributed by atoms with Crippen molar-refractivity contribution in [1.82, 2.24) is 24.9 Å². The van der Waals surface area contributed by atoms with Crippen molar-refractivity contribution in [3.05, 3.63) is 22.4 Å². The standard InChI is InChI=1S/C12H15N7S/c1-3-13-12-18-10(9-11(19-12)17-6-16-9)15-5-8-14-4-7(2)20-8/h4,6H,3,5H2,1-2H3,(H3,13,15,16,17,18,19). The van der Waals surface area contributed by atoms with E-state index in [0.29, 0.717) is 18.1 Å². The third kappa shape index (κ3) is 2.55. The van der Waals surface area contributed by atoms with Crippen molar-refractivity contribution in [3.63, 3.8) is 0 Å². The zero-order valence-corrected chi connectivity index (χ0v) is 12.1. The van der Waals surface area contributed by atoms with Gasteiger partial charge in [-0.1, -0.05) is 0 Å². The van der Waals surface area contributed by atoms with E-state index in [0.717, 1.165) is 22.9 Å². The zero-order valence-electron chi connectivity index (χ0n) is 11.3. The number of aromatic amines is 1. The third-order valence-electron chi connectivity index (χ3n) is 2.70. The molecule has 3 aromatic rings. The van der Waals surface area contributed by atoms with Gasteiger partial charge in [0.1, 0.15) is 10.5 Å². The molecule has 3 aromatic heterocycles. The average Bonchev–Trinajstić information content (AvgIpc) is 3.05. The molecule has 104 valence electrons. The number of nitrogens with one attached hydrogen (secondary N) is 3. The Labute approximate surface area is 119 Å². The number of aromatic nitrogens is 5. The molecule has 0 saturated heterocycles. The van der Waals surface area contributed by atoms with Crippen LogP contribution in [-0.2, 0) is 6.54 Å². The summed E-state index contributed by atoms with van der Waals surface area (Å²) in [6.45, 7) is 5.45. The van der Waals surface area contributed by atoms with Gasteiger partial charge in [0, 0.05) is 17.6 Å². The Morgan fingerprint density at radius 1 is 1.25 bits per heavy atom. The second-order valence-corrected chi connectivity index (χ2v) is 5.56. The van der Waals surface area contributed by atoms with E-state index in [9.17, 15) is 0 Å². The summed E-state index contributed by atoms with van der Waals surface area (Å²) in [6, 6.07) is 0. The Morgan fingerprint density at radius 3 is 2.90 bits per heavy atom. The first-order valence-electron chi connectivity index (χ1n) is 6.36. The van der Waals surface area contributed by atoms with E-state index in [1.54, 1.807) is 17.7 Å². The van der Waals surface area contributed by atoms with Crippen LogP contribution in [0, 0.1) is 6.92 Å². The number of H-pyrrole nitrogens is 1. The Hall–Kier alpha value is -2.22. The molecule has 0 amide bonds. The Balaban J connectivity index is 1.87. The molecular weight excluding hydrogens is 274 g/mol. The predicted octanol–water partition coefficient (Wildman–Crippen LogP) is 2.16. The van der Waals surface area contributed by atoms with E-state index in [4.69, 9.17) is 0 Å². The van der Waals surface area contributed by atoms with E-state index >= 15 is 0 Å². The summed E-state index contributed by atoms with van der Waals surface area (Å²) in [4.78, 5) is 21.5. The van der Waals surface area contributed by atoms with Gasteiger partial charge in [0.2, 0.25) is 5.95 Å². The van der Waals surface area contributed by atoms with Crippen molar-refractivity contribution in [2.75, 3.05) is 17.2 Å². The van der Waals surface area contributed by atoms with Crippen LogP contribution in [0.5, 0.6) is 0 Å². The van der Waals surface area contributed by atoms with Gasteiger partial charge in [0.15, 0.2) is 11.5 Å². The summed E-state index contributed by atoms with van der Waals surface area (Å²) in [7, 11) is 0. The lowest BCUT2D eigenvalue weighted by molar-refractivity contribution is 1.05. The van der Waals surface area contributed by atoms with Gasteiger partial charge in [0.25, 0.3) is 0 Å². The molecule has 0 aliphatic heterocycles. The van der Waals surface area contributed by atoms with E-state index in [1.807, 2.05) is 20.0 Å². The number of thiazole rings is 1. The molecule has 0 saturated carbocycles. The Kier molecular flexibility index (Phi) is 3.46. The van der Waals surface area contributed by atoms with Gasteiger partial charge in [-0.2, -0.15) is 9.97 Å². The molecular formula is C12H15N7S. The number of rotatable bonds is 5. The normalized spacial score (nSPS) is 10.9. The van der Waals surface area contributed by atoms with E-state index < -0.39 is 0 Å². The molecule has 0 aliphatic rings. The van der Waals surface area contributed by atoms with Gasteiger partial charge in [-0.15, -0.1) is 11.3 Å². The van der Waals surface area contributed by atoms with Crippen LogP contribution in [-0.4, -0.2) is 31.5 Å². The van der Waals surface area contributed by atoms with Gasteiger partial charge in [-0.05, 0) is 13.8 Å².